The van der Waals surface area contributed by atoms with E-state index in [1.165, 1.54) is 13.2 Å². The number of halogens is 1. The summed E-state index contributed by atoms with van der Waals surface area (Å²) < 4.78 is 21.0. The second-order valence-electron chi connectivity index (χ2n) is 4.95. The van der Waals surface area contributed by atoms with Crippen LogP contribution in [0.4, 0.5) is 4.39 Å². The Balaban J connectivity index is 1.95. The molecule has 0 spiro atoms. The van der Waals surface area contributed by atoms with Crippen molar-refractivity contribution in [3.8, 4) is 5.75 Å². The van der Waals surface area contributed by atoms with Crippen LogP contribution in [0.2, 0.25) is 0 Å². The van der Waals surface area contributed by atoms with E-state index in [1.54, 1.807) is 12.1 Å². The number of hydrogen-bond donors (Lipinski definition) is 1. The van der Waals surface area contributed by atoms with Crippen LogP contribution in [-0.4, -0.2) is 16.8 Å². The van der Waals surface area contributed by atoms with Crippen LogP contribution in [-0.2, 0) is 13.2 Å². The maximum atomic E-state index is 14.0. The Bertz CT molecular complexity index is 780. The fourth-order valence-electron chi connectivity index (χ4n) is 2.45. The number of hydrogen-bond acceptors (Lipinski definition) is 2. The van der Waals surface area contributed by atoms with Crippen molar-refractivity contribution in [3.63, 3.8) is 0 Å². The number of aliphatic hydroxyl groups excluding tert-OH is 1. The third-order valence-corrected chi connectivity index (χ3v) is 3.62. The van der Waals surface area contributed by atoms with Gasteiger partial charge in [0.2, 0.25) is 0 Å². The van der Waals surface area contributed by atoms with Crippen LogP contribution in [0.15, 0.2) is 48.7 Å². The van der Waals surface area contributed by atoms with E-state index in [-0.39, 0.29) is 12.4 Å². The topological polar surface area (TPSA) is 34.4 Å². The Labute approximate surface area is 122 Å². The van der Waals surface area contributed by atoms with E-state index in [2.05, 4.69) is 0 Å². The van der Waals surface area contributed by atoms with E-state index < -0.39 is 0 Å². The van der Waals surface area contributed by atoms with Crippen molar-refractivity contribution in [2.45, 2.75) is 13.2 Å². The predicted molar refractivity (Wildman–Crippen MR) is 79.9 cm³/mol. The minimum atomic E-state index is -0.275. The van der Waals surface area contributed by atoms with Crippen molar-refractivity contribution in [3.05, 3.63) is 65.6 Å². The van der Waals surface area contributed by atoms with Crippen molar-refractivity contribution in [1.29, 1.82) is 0 Å². The highest BCUT2D eigenvalue weighted by molar-refractivity contribution is 5.81. The molecule has 0 amide bonds. The molecule has 0 atom stereocenters. The quantitative estimate of drug-likeness (QED) is 0.798. The second-order valence-corrected chi connectivity index (χ2v) is 4.95. The molecule has 0 aliphatic heterocycles. The monoisotopic (exact) mass is 285 g/mol. The van der Waals surface area contributed by atoms with E-state index in [9.17, 15) is 4.39 Å². The fraction of sp³-hybridized carbons (Fsp3) is 0.176. The van der Waals surface area contributed by atoms with Crippen molar-refractivity contribution < 1.29 is 14.2 Å². The Morgan fingerprint density at radius 3 is 2.71 bits per heavy atom. The molecular weight excluding hydrogens is 269 g/mol. The molecule has 108 valence electrons. The Morgan fingerprint density at radius 1 is 1.14 bits per heavy atom. The van der Waals surface area contributed by atoms with E-state index >= 15 is 0 Å². The molecule has 0 bridgehead atoms. The minimum Gasteiger partial charge on any atom is -0.497 e. The molecule has 3 nitrogen and oxygen atoms in total. The number of nitrogens with zero attached hydrogens (tertiary/aromatic N) is 1. The van der Waals surface area contributed by atoms with Crippen molar-refractivity contribution in [2.75, 3.05) is 7.11 Å². The molecule has 0 aliphatic rings. The number of ether oxygens (including phenoxy) is 1. The van der Waals surface area contributed by atoms with Crippen molar-refractivity contribution >= 4 is 10.9 Å². The Kier molecular flexibility index (Phi) is 3.62. The minimum absolute atomic E-state index is 0.0221. The lowest BCUT2D eigenvalue weighted by Crippen LogP contribution is -2.01. The zero-order valence-corrected chi connectivity index (χ0v) is 11.7. The Morgan fingerprint density at radius 2 is 2.00 bits per heavy atom. The molecule has 1 N–H and O–H groups in total. The van der Waals surface area contributed by atoms with E-state index in [0.717, 1.165) is 16.5 Å². The lowest BCUT2D eigenvalue weighted by Gasteiger charge is -2.08. The highest BCUT2D eigenvalue weighted by Gasteiger charge is 2.07. The molecule has 21 heavy (non-hydrogen) atoms. The standard InChI is InChI=1S/C17H16FNO2/c1-21-15-4-3-14(16(18)9-15)10-19-7-6-13-8-12(11-20)2-5-17(13)19/h2-9,20H,10-11H2,1H3. The SMILES string of the molecule is COc1ccc(Cn2ccc3cc(CO)ccc32)c(F)c1. The second kappa shape index (κ2) is 5.58. The first kappa shape index (κ1) is 13.6. The van der Waals surface area contributed by atoms with Gasteiger partial charge in [-0.15, -0.1) is 0 Å². The summed E-state index contributed by atoms with van der Waals surface area (Å²) >= 11 is 0. The molecule has 2 aromatic carbocycles. The molecule has 3 rings (SSSR count). The van der Waals surface area contributed by atoms with Gasteiger partial charge in [-0.1, -0.05) is 12.1 Å². The van der Waals surface area contributed by atoms with Crippen LogP contribution in [0, 0.1) is 5.82 Å². The fourth-order valence-corrected chi connectivity index (χ4v) is 2.45. The molecule has 4 heteroatoms. The van der Waals surface area contributed by atoms with Gasteiger partial charge >= 0.3 is 0 Å². The molecule has 1 heterocycles. The molecular formula is C17H16FNO2. The molecule has 1 aromatic heterocycles. The average Bonchev–Trinajstić information content (AvgIpc) is 2.91. The lowest BCUT2D eigenvalue weighted by atomic mass is 10.1. The van der Waals surface area contributed by atoms with Crippen LogP contribution >= 0.6 is 0 Å². The summed E-state index contributed by atoms with van der Waals surface area (Å²) in [6, 6.07) is 12.6. The summed E-state index contributed by atoms with van der Waals surface area (Å²) in [7, 11) is 1.52. The number of benzene rings is 2. The highest BCUT2D eigenvalue weighted by Crippen LogP contribution is 2.22. The van der Waals surface area contributed by atoms with Crippen molar-refractivity contribution in [1.82, 2.24) is 4.57 Å². The number of fused-ring (bicyclic) bond motifs is 1. The molecule has 0 saturated carbocycles. The van der Waals surface area contributed by atoms with Crippen LogP contribution in [0.25, 0.3) is 10.9 Å². The van der Waals surface area contributed by atoms with Gasteiger partial charge < -0.3 is 14.4 Å². The lowest BCUT2D eigenvalue weighted by molar-refractivity contribution is 0.282. The van der Waals surface area contributed by atoms with Gasteiger partial charge in [-0.3, -0.25) is 0 Å². The largest absolute Gasteiger partial charge is 0.497 e. The first-order valence-corrected chi connectivity index (χ1v) is 6.72. The van der Waals surface area contributed by atoms with Gasteiger partial charge in [-0.25, -0.2) is 4.39 Å². The summed E-state index contributed by atoms with van der Waals surface area (Å²) in [5.41, 5.74) is 2.50. The van der Waals surface area contributed by atoms with Gasteiger partial charge in [-0.2, -0.15) is 0 Å². The number of aliphatic hydroxyl groups is 1. The average molecular weight is 285 g/mol. The summed E-state index contributed by atoms with van der Waals surface area (Å²) in [4.78, 5) is 0. The first-order chi connectivity index (χ1) is 10.2. The molecule has 3 aromatic rings. The summed E-state index contributed by atoms with van der Waals surface area (Å²) in [5, 5.41) is 10.2. The zero-order valence-electron chi connectivity index (χ0n) is 11.7. The molecule has 0 unspecified atom stereocenters. The molecule has 0 radical (unpaired) electrons. The zero-order chi connectivity index (χ0) is 14.8. The van der Waals surface area contributed by atoms with Gasteiger partial charge in [0.05, 0.1) is 20.3 Å². The van der Waals surface area contributed by atoms with E-state index in [1.807, 2.05) is 35.0 Å². The highest BCUT2D eigenvalue weighted by atomic mass is 19.1. The summed E-state index contributed by atoms with van der Waals surface area (Å²) in [6.07, 6.45) is 1.93. The maximum Gasteiger partial charge on any atom is 0.131 e. The maximum absolute atomic E-state index is 14.0. The van der Waals surface area contributed by atoms with Gasteiger partial charge in [0, 0.05) is 23.3 Å². The normalized spacial score (nSPS) is 11.0. The van der Waals surface area contributed by atoms with Gasteiger partial charge in [0.15, 0.2) is 0 Å². The number of methoxy groups -OCH3 is 1. The smallest absolute Gasteiger partial charge is 0.131 e. The van der Waals surface area contributed by atoms with Crippen LogP contribution < -0.4 is 4.74 Å². The first-order valence-electron chi connectivity index (χ1n) is 6.72. The summed E-state index contributed by atoms with van der Waals surface area (Å²) in [5.74, 6) is 0.240. The molecule has 0 fully saturated rings. The molecule has 0 saturated heterocycles. The van der Waals surface area contributed by atoms with Crippen LogP contribution in [0.5, 0.6) is 5.75 Å². The predicted octanol–water partition coefficient (Wildman–Crippen LogP) is 3.33. The third-order valence-electron chi connectivity index (χ3n) is 3.62. The Hall–Kier alpha value is -2.33. The third kappa shape index (κ3) is 2.62. The van der Waals surface area contributed by atoms with Crippen LogP contribution in [0.1, 0.15) is 11.1 Å². The number of rotatable bonds is 4. The van der Waals surface area contributed by atoms with Crippen LogP contribution in [0.3, 0.4) is 0 Å². The number of aromatic nitrogens is 1. The van der Waals surface area contributed by atoms with E-state index in [4.69, 9.17) is 9.84 Å². The van der Waals surface area contributed by atoms with Gasteiger partial charge in [0.25, 0.3) is 0 Å². The van der Waals surface area contributed by atoms with Gasteiger partial charge in [0.1, 0.15) is 11.6 Å². The van der Waals surface area contributed by atoms with Gasteiger partial charge in [-0.05, 0) is 35.2 Å². The molecule has 0 aliphatic carbocycles. The summed E-state index contributed by atoms with van der Waals surface area (Å²) in [6.45, 7) is 0.478. The van der Waals surface area contributed by atoms with Crippen molar-refractivity contribution in [2.24, 2.45) is 0 Å². The van der Waals surface area contributed by atoms with E-state index in [0.29, 0.717) is 17.9 Å².